The van der Waals surface area contributed by atoms with Gasteiger partial charge in [-0.15, -0.1) is 0 Å². The Hall–Kier alpha value is -1.49. The van der Waals surface area contributed by atoms with E-state index >= 15 is 0 Å². The minimum atomic E-state index is -0.851. The number of nitrogens with two attached hydrogens (primary N) is 1. The molecule has 1 amide bonds. The van der Waals surface area contributed by atoms with Crippen LogP contribution in [0.15, 0.2) is 12.1 Å². The molecule has 106 valence electrons. The number of carbonyl (C=O) groups excluding carboxylic acids is 1. The second-order valence-corrected chi connectivity index (χ2v) is 4.95. The molecule has 19 heavy (non-hydrogen) atoms. The number of nitrogens with one attached hydrogen (secondary N) is 1. The molecule has 0 spiro atoms. The van der Waals surface area contributed by atoms with Crippen LogP contribution in [-0.2, 0) is 0 Å². The lowest BCUT2D eigenvalue weighted by Crippen LogP contribution is -2.40. The Morgan fingerprint density at radius 3 is 2.53 bits per heavy atom. The maximum absolute atomic E-state index is 13.8. The lowest BCUT2D eigenvalue weighted by atomic mass is 10.00. The fourth-order valence-electron chi connectivity index (χ4n) is 1.86. The van der Waals surface area contributed by atoms with Gasteiger partial charge in [0.25, 0.3) is 5.91 Å². The summed E-state index contributed by atoms with van der Waals surface area (Å²) >= 11 is 0. The summed E-state index contributed by atoms with van der Waals surface area (Å²) in [5.41, 5.74) is 5.18. The van der Waals surface area contributed by atoms with Gasteiger partial charge in [0.15, 0.2) is 0 Å². The molecule has 1 aromatic carbocycles. The largest absolute Gasteiger partial charge is 0.349 e. The standard InChI is InChI=1S/C14H20F2N2O/c1-8(2)11(6-7-17)18-14(19)12-10(15)5-4-9(3)13(12)16/h4-5,8,11H,6-7,17H2,1-3H3,(H,18,19). The van der Waals surface area contributed by atoms with Gasteiger partial charge in [0, 0.05) is 6.04 Å². The van der Waals surface area contributed by atoms with Gasteiger partial charge in [-0.2, -0.15) is 0 Å². The molecule has 0 saturated carbocycles. The van der Waals surface area contributed by atoms with Crippen LogP contribution in [0.5, 0.6) is 0 Å². The van der Waals surface area contributed by atoms with Crippen molar-refractivity contribution in [1.29, 1.82) is 0 Å². The molecule has 0 heterocycles. The topological polar surface area (TPSA) is 55.1 Å². The Balaban J connectivity index is 2.98. The van der Waals surface area contributed by atoms with Gasteiger partial charge < -0.3 is 11.1 Å². The van der Waals surface area contributed by atoms with E-state index < -0.39 is 23.1 Å². The first-order valence-electron chi connectivity index (χ1n) is 6.34. The molecule has 0 aliphatic rings. The van der Waals surface area contributed by atoms with Crippen LogP contribution in [0.3, 0.4) is 0 Å². The van der Waals surface area contributed by atoms with E-state index in [4.69, 9.17) is 5.73 Å². The van der Waals surface area contributed by atoms with Gasteiger partial charge in [0.05, 0.1) is 0 Å². The van der Waals surface area contributed by atoms with E-state index in [9.17, 15) is 13.6 Å². The lowest BCUT2D eigenvalue weighted by Gasteiger charge is -2.22. The first kappa shape index (κ1) is 15.6. The highest BCUT2D eigenvalue weighted by Gasteiger charge is 2.22. The van der Waals surface area contributed by atoms with Crippen molar-refractivity contribution in [3.8, 4) is 0 Å². The summed E-state index contributed by atoms with van der Waals surface area (Å²) in [5.74, 6) is -2.25. The van der Waals surface area contributed by atoms with E-state index in [1.54, 1.807) is 0 Å². The molecular formula is C14H20F2N2O. The third-order valence-corrected chi connectivity index (χ3v) is 3.11. The van der Waals surface area contributed by atoms with E-state index in [0.29, 0.717) is 13.0 Å². The van der Waals surface area contributed by atoms with Crippen LogP contribution in [0.2, 0.25) is 0 Å². The quantitative estimate of drug-likeness (QED) is 0.863. The first-order valence-corrected chi connectivity index (χ1v) is 6.34. The molecule has 1 unspecified atom stereocenters. The van der Waals surface area contributed by atoms with Crippen molar-refractivity contribution in [1.82, 2.24) is 5.32 Å². The SMILES string of the molecule is Cc1ccc(F)c(C(=O)NC(CCN)C(C)C)c1F. The molecule has 1 rings (SSSR count). The van der Waals surface area contributed by atoms with Crippen LogP contribution in [0.4, 0.5) is 8.78 Å². The Morgan fingerprint density at radius 1 is 1.37 bits per heavy atom. The minimum Gasteiger partial charge on any atom is -0.349 e. The zero-order valence-corrected chi connectivity index (χ0v) is 11.5. The number of carbonyl (C=O) groups is 1. The fourth-order valence-corrected chi connectivity index (χ4v) is 1.86. The normalized spacial score (nSPS) is 12.6. The van der Waals surface area contributed by atoms with Crippen molar-refractivity contribution in [3.05, 3.63) is 34.9 Å². The highest BCUT2D eigenvalue weighted by atomic mass is 19.1. The molecule has 0 aliphatic heterocycles. The number of benzene rings is 1. The molecule has 0 aliphatic carbocycles. The van der Waals surface area contributed by atoms with Crippen molar-refractivity contribution in [2.24, 2.45) is 11.7 Å². The first-order chi connectivity index (χ1) is 8.88. The van der Waals surface area contributed by atoms with Crippen molar-refractivity contribution in [3.63, 3.8) is 0 Å². The molecule has 0 fully saturated rings. The molecule has 3 nitrogen and oxygen atoms in total. The van der Waals surface area contributed by atoms with Crippen molar-refractivity contribution in [2.75, 3.05) is 6.54 Å². The van der Waals surface area contributed by atoms with Crippen molar-refractivity contribution < 1.29 is 13.6 Å². The van der Waals surface area contributed by atoms with Crippen LogP contribution in [-0.4, -0.2) is 18.5 Å². The second-order valence-electron chi connectivity index (χ2n) is 4.95. The smallest absolute Gasteiger partial charge is 0.257 e. The summed E-state index contributed by atoms with van der Waals surface area (Å²) in [6.45, 7) is 5.74. The Kier molecular flexibility index (Phi) is 5.42. The molecular weight excluding hydrogens is 250 g/mol. The Bertz CT molecular complexity index is 461. The van der Waals surface area contributed by atoms with Crippen LogP contribution in [0.25, 0.3) is 0 Å². The zero-order valence-electron chi connectivity index (χ0n) is 11.5. The van der Waals surface area contributed by atoms with Gasteiger partial charge in [-0.3, -0.25) is 4.79 Å². The monoisotopic (exact) mass is 270 g/mol. The molecule has 1 atom stereocenters. The van der Waals surface area contributed by atoms with Crippen LogP contribution in [0.1, 0.15) is 36.2 Å². The lowest BCUT2D eigenvalue weighted by molar-refractivity contribution is 0.0915. The average molecular weight is 270 g/mol. The van der Waals surface area contributed by atoms with Gasteiger partial charge in [-0.05, 0) is 37.4 Å². The number of hydrogen-bond acceptors (Lipinski definition) is 2. The third-order valence-electron chi connectivity index (χ3n) is 3.11. The summed E-state index contributed by atoms with van der Waals surface area (Å²) in [6, 6.07) is 2.21. The fraction of sp³-hybridized carbons (Fsp3) is 0.500. The summed E-state index contributed by atoms with van der Waals surface area (Å²) in [7, 11) is 0. The zero-order chi connectivity index (χ0) is 14.6. The average Bonchev–Trinajstić information content (AvgIpc) is 2.33. The van der Waals surface area contributed by atoms with Crippen LogP contribution >= 0.6 is 0 Å². The van der Waals surface area contributed by atoms with E-state index in [1.807, 2.05) is 13.8 Å². The number of hydrogen-bond donors (Lipinski definition) is 2. The predicted molar refractivity (Wildman–Crippen MR) is 70.9 cm³/mol. The summed E-state index contributed by atoms with van der Waals surface area (Å²) in [5, 5.41) is 2.64. The van der Waals surface area contributed by atoms with E-state index in [1.165, 1.54) is 13.0 Å². The Morgan fingerprint density at radius 2 is 2.00 bits per heavy atom. The van der Waals surface area contributed by atoms with E-state index in [-0.39, 0.29) is 17.5 Å². The highest BCUT2D eigenvalue weighted by Crippen LogP contribution is 2.17. The second kappa shape index (κ2) is 6.61. The maximum atomic E-state index is 13.8. The third kappa shape index (κ3) is 3.73. The summed E-state index contributed by atoms with van der Waals surface area (Å²) in [4.78, 5) is 12.0. The van der Waals surface area contributed by atoms with E-state index in [0.717, 1.165) is 6.07 Å². The maximum Gasteiger partial charge on any atom is 0.257 e. The number of halogens is 2. The molecule has 0 bridgehead atoms. The minimum absolute atomic E-state index is 0.142. The molecule has 0 radical (unpaired) electrons. The summed E-state index contributed by atoms with van der Waals surface area (Å²) < 4.78 is 27.4. The van der Waals surface area contributed by atoms with Gasteiger partial charge in [0.2, 0.25) is 0 Å². The van der Waals surface area contributed by atoms with Crippen LogP contribution < -0.4 is 11.1 Å². The number of rotatable bonds is 5. The van der Waals surface area contributed by atoms with Crippen molar-refractivity contribution in [2.45, 2.75) is 33.2 Å². The van der Waals surface area contributed by atoms with Crippen LogP contribution in [0, 0.1) is 24.5 Å². The van der Waals surface area contributed by atoms with Crippen molar-refractivity contribution >= 4 is 5.91 Å². The number of aryl methyl sites for hydroxylation is 1. The molecule has 0 saturated heterocycles. The molecule has 0 aromatic heterocycles. The Labute approximate surface area is 112 Å². The summed E-state index contributed by atoms with van der Waals surface area (Å²) in [6.07, 6.45) is 0.568. The highest BCUT2D eigenvalue weighted by molar-refractivity contribution is 5.95. The number of amides is 1. The predicted octanol–water partition coefficient (Wildman–Crippen LogP) is 2.38. The van der Waals surface area contributed by atoms with E-state index in [2.05, 4.69) is 5.32 Å². The molecule has 1 aromatic rings. The molecule has 3 N–H and O–H groups in total. The van der Waals surface area contributed by atoms with Gasteiger partial charge in [-0.25, -0.2) is 8.78 Å². The van der Waals surface area contributed by atoms with Gasteiger partial charge >= 0.3 is 0 Å². The van der Waals surface area contributed by atoms with Gasteiger partial charge in [-0.1, -0.05) is 19.9 Å². The molecule has 5 heteroatoms. The van der Waals surface area contributed by atoms with Gasteiger partial charge in [0.1, 0.15) is 17.2 Å².